The molecule has 0 bridgehead atoms. The molecule has 1 rings (SSSR count). The average Bonchev–Trinajstić information content (AvgIpc) is 2.34. The van der Waals surface area contributed by atoms with Crippen molar-refractivity contribution in [3.05, 3.63) is 33.8 Å². The number of aliphatic carboxylic acids is 1. The fraction of sp³-hybridized carbons (Fsp3) is 0.357. The summed E-state index contributed by atoms with van der Waals surface area (Å²) >= 11 is 12.0. The minimum atomic E-state index is -1.03. The number of halogens is 2. The van der Waals surface area contributed by atoms with Crippen molar-refractivity contribution >= 4 is 35.2 Å². The standard InChI is InChI=1S/C14H16Cl2O3/c1-2-3-4-7-19-14-10(5-6-13(17)18)8-11(15)9-12(14)16/h5-6,8-9H,2-4,7H2,1H3,(H,17,18)/b6-5+. The number of carboxylic acids is 1. The third kappa shape index (κ3) is 5.53. The van der Waals surface area contributed by atoms with Gasteiger partial charge in [-0.05, 0) is 24.6 Å². The third-order valence-electron chi connectivity index (χ3n) is 2.44. The lowest BCUT2D eigenvalue weighted by atomic mass is 10.2. The zero-order chi connectivity index (χ0) is 14.3. The van der Waals surface area contributed by atoms with Gasteiger partial charge in [0.1, 0.15) is 5.75 Å². The van der Waals surface area contributed by atoms with E-state index < -0.39 is 5.97 Å². The van der Waals surface area contributed by atoms with E-state index in [1.54, 1.807) is 12.1 Å². The van der Waals surface area contributed by atoms with Gasteiger partial charge in [0.25, 0.3) is 0 Å². The number of ether oxygens (including phenoxy) is 1. The second-order valence-corrected chi connectivity index (χ2v) is 4.88. The van der Waals surface area contributed by atoms with Crippen molar-refractivity contribution in [1.82, 2.24) is 0 Å². The molecule has 0 aromatic heterocycles. The molecule has 0 atom stereocenters. The van der Waals surface area contributed by atoms with Gasteiger partial charge >= 0.3 is 5.97 Å². The first-order valence-electron chi connectivity index (χ1n) is 6.07. The van der Waals surface area contributed by atoms with Crippen molar-refractivity contribution in [2.75, 3.05) is 6.61 Å². The summed E-state index contributed by atoms with van der Waals surface area (Å²) in [5.74, 6) is -0.562. The molecule has 0 saturated heterocycles. The molecule has 1 N–H and O–H groups in total. The van der Waals surface area contributed by atoms with Gasteiger partial charge in [-0.25, -0.2) is 4.79 Å². The lowest BCUT2D eigenvalue weighted by molar-refractivity contribution is -0.131. The highest BCUT2D eigenvalue weighted by Gasteiger charge is 2.09. The molecule has 19 heavy (non-hydrogen) atoms. The molecule has 0 heterocycles. The van der Waals surface area contributed by atoms with Crippen LogP contribution in [0.5, 0.6) is 5.75 Å². The molecule has 0 aliphatic carbocycles. The number of carboxylic acid groups (broad SMARTS) is 1. The van der Waals surface area contributed by atoms with Crippen molar-refractivity contribution in [2.45, 2.75) is 26.2 Å². The Balaban J connectivity index is 2.89. The second kappa shape index (κ2) is 8.08. The Morgan fingerprint density at radius 3 is 2.74 bits per heavy atom. The minimum Gasteiger partial charge on any atom is -0.491 e. The van der Waals surface area contributed by atoms with Gasteiger partial charge in [0.05, 0.1) is 11.6 Å². The van der Waals surface area contributed by atoms with Gasteiger partial charge in [-0.1, -0.05) is 43.0 Å². The molecule has 104 valence electrons. The molecule has 0 saturated carbocycles. The summed E-state index contributed by atoms with van der Waals surface area (Å²) in [6.45, 7) is 2.65. The predicted octanol–water partition coefficient (Wildman–Crippen LogP) is 4.66. The second-order valence-electron chi connectivity index (χ2n) is 4.03. The van der Waals surface area contributed by atoms with Crippen LogP contribution in [-0.2, 0) is 4.79 Å². The van der Waals surface area contributed by atoms with Crippen molar-refractivity contribution in [1.29, 1.82) is 0 Å². The third-order valence-corrected chi connectivity index (χ3v) is 2.94. The fourth-order valence-electron chi connectivity index (χ4n) is 1.54. The van der Waals surface area contributed by atoms with E-state index in [1.165, 1.54) is 6.08 Å². The molecule has 1 aromatic rings. The van der Waals surface area contributed by atoms with E-state index in [0.29, 0.717) is 28.0 Å². The van der Waals surface area contributed by atoms with Gasteiger partial charge in [0, 0.05) is 16.7 Å². The fourth-order valence-corrected chi connectivity index (χ4v) is 2.11. The Morgan fingerprint density at radius 1 is 1.37 bits per heavy atom. The van der Waals surface area contributed by atoms with Crippen LogP contribution in [-0.4, -0.2) is 17.7 Å². The first-order chi connectivity index (χ1) is 9.04. The van der Waals surface area contributed by atoms with Gasteiger partial charge in [-0.15, -0.1) is 0 Å². The number of hydrogen-bond donors (Lipinski definition) is 1. The van der Waals surface area contributed by atoms with E-state index in [-0.39, 0.29) is 0 Å². The summed E-state index contributed by atoms with van der Waals surface area (Å²) in [4.78, 5) is 10.6. The van der Waals surface area contributed by atoms with E-state index in [1.807, 2.05) is 0 Å². The highest BCUT2D eigenvalue weighted by molar-refractivity contribution is 6.35. The van der Waals surface area contributed by atoms with Crippen molar-refractivity contribution < 1.29 is 14.6 Å². The van der Waals surface area contributed by atoms with E-state index in [2.05, 4.69) is 6.92 Å². The summed E-state index contributed by atoms with van der Waals surface area (Å²) in [6, 6.07) is 3.21. The highest BCUT2D eigenvalue weighted by atomic mass is 35.5. The molecule has 0 amide bonds. The maximum Gasteiger partial charge on any atom is 0.328 e. The van der Waals surface area contributed by atoms with E-state index in [0.717, 1.165) is 25.3 Å². The Kier molecular flexibility index (Phi) is 6.74. The zero-order valence-electron chi connectivity index (χ0n) is 10.7. The van der Waals surface area contributed by atoms with Crippen molar-refractivity contribution in [2.24, 2.45) is 0 Å². The van der Waals surface area contributed by atoms with Crippen LogP contribution in [0.1, 0.15) is 31.7 Å². The monoisotopic (exact) mass is 302 g/mol. The minimum absolute atomic E-state index is 0.383. The number of unbranched alkanes of at least 4 members (excludes halogenated alkanes) is 2. The van der Waals surface area contributed by atoms with Crippen LogP contribution >= 0.6 is 23.2 Å². The molecule has 1 aromatic carbocycles. The lowest BCUT2D eigenvalue weighted by Crippen LogP contribution is -1.99. The molecule has 0 aliphatic heterocycles. The van der Waals surface area contributed by atoms with Gasteiger partial charge in [-0.2, -0.15) is 0 Å². The van der Waals surface area contributed by atoms with Crippen LogP contribution in [0.15, 0.2) is 18.2 Å². The topological polar surface area (TPSA) is 46.5 Å². The SMILES string of the molecule is CCCCCOc1c(Cl)cc(Cl)cc1/C=C/C(=O)O. The predicted molar refractivity (Wildman–Crippen MR) is 78.2 cm³/mol. The average molecular weight is 303 g/mol. The summed E-state index contributed by atoms with van der Waals surface area (Å²) in [5.41, 5.74) is 0.566. The molecule has 0 spiro atoms. The Labute approximate surface area is 122 Å². The summed E-state index contributed by atoms with van der Waals surface area (Å²) in [7, 11) is 0. The zero-order valence-corrected chi connectivity index (χ0v) is 12.2. The quantitative estimate of drug-likeness (QED) is 0.588. The molecular formula is C14H16Cl2O3. The largest absolute Gasteiger partial charge is 0.491 e. The van der Waals surface area contributed by atoms with Crippen molar-refractivity contribution in [3.63, 3.8) is 0 Å². The van der Waals surface area contributed by atoms with Crippen LogP contribution in [0.25, 0.3) is 6.08 Å². The van der Waals surface area contributed by atoms with Crippen LogP contribution in [0.2, 0.25) is 10.0 Å². The number of carbonyl (C=O) groups is 1. The van der Waals surface area contributed by atoms with Crippen LogP contribution in [0.4, 0.5) is 0 Å². The van der Waals surface area contributed by atoms with Gasteiger partial charge < -0.3 is 9.84 Å². The van der Waals surface area contributed by atoms with Crippen LogP contribution in [0.3, 0.4) is 0 Å². The maximum atomic E-state index is 10.6. The van der Waals surface area contributed by atoms with Gasteiger partial charge in [0.2, 0.25) is 0 Å². The summed E-state index contributed by atoms with van der Waals surface area (Å²) < 4.78 is 5.62. The molecule has 0 unspecified atom stereocenters. The first-order valence-corrected chi connectivity index (χ1v) is 6.83. The molecule has 5 heteroatoms. The van der Waals surface area contributed by atoms with E-state index >= 15 is 0 Å². The van der Waals surface area contributed by atoms with Crippen molar-refractivity contribution in [3.8, 4) is 5.75 Å². The Morgan fingerprint density at radius 2 is 2.11 bits per heavy atom. The summed E-state index contributed by atoms with van der Waals surface area (Å²) in [6.07, 6.45) is 5.56. The number of benzene rings is 1. The van der Waals surface area contributed by atoms with E-state index in [9.17, 15) is 4.79 Å². The Hall–Kier alpha value is -1.19. The first kappa shape index (κ1) is 15.9. The number of hydrogen-bond acceptors (Lipinski definition) is 2. The lowest BCUT2D eigenvalue weighted by Gasteiger charge is -2.11. The summed E-state index contributed by atoms with van der Waals surface area (Å²) in [5, 5.41) is 9.48. The molecule has 0 radical (unpaired) electrons. The van der Waals surface area contributed by atoms with Crippen LogP contribution < -0.4 is 4.74 Å². The highest BCUT2D eigenvalue weighted by Crippen LogP contribution is 2.33. The normalized spacial score (nSPS) is 10.9. The van der Waals surface area contributed by atoms with E-state index in [4.69, 9.17) is 33.0 Å². The maximum absolute atomic E-state index is 10.6. The molecule has 3 nitrogen and oxygen atoms in total. The smallest absolute Gasteiger partial charge is 0.328 e. The van der Waals surface area contributed by atoms with Gasteiger partial charge in [0.15, 0.2) is 0 Å². The molecule has 0 fully saturated rings. The number of rotatable bonds is 7. The molecule has 0 aliphatic rings. The Bertz CT molecular complexity index is 470. The van der Waals surface area contributed by atoms with Gasteiger partial charge in [-0.3, -0.25) is 0 Å². The molecular weight excluding hydrogens is 287 g/mol. The van der Waals surface area contributed by atoms with Crippen LogP contribution in [0, 0.1) is 0 Å².